The fourth-order valence-corrected chi connectivity index (χ4v) is 8.31. The van der Waals surface area contributed by atoms with E-state index >= 15 is 0 Å². The van der Waals surface area contributed by atoms with E-state index < -0.39 is 143 Å². The van der Waals surface area contributed by atoms with Gasteiger partial charge in [0.1, 0.15) is 71.8 Å². The van der Waals surface area contributed by atoms with Gasteiger partial charge in [-0.25, -0.2) is 0 Å². The maximum atomic E-state index is 14.1. The third-order valence-corrected chi connectivity index (χ3v) is 11.5. The zero-order valence-electron chi connectivity index (χ0n) is 32.8. The normalized spacial score (nSPS) is 30.1. The summed E-state index contributed by atoms with van der Waals surface area (Å²) in [5, 5.41) is 95.1. The number of phenols is 3. The highest BCUT2D eigenvalue weighted by molar-refractivity contribution is 6.31. The molecule has 322 valence electrons. The Bertz CT molecular complexity index is 2280. The summed E-state index contributed by atoms with van der Waals surface area (Å²) in [7, 11) is 2.82. The van der Waals surface area contributed by atoms with Gasteiger partial charge in [0.25, 0.3) is 5.91 Å². The molecule has 20 heteroatoms. The van der Waals surface area contributed by atoms with Gasteiger partial charge in [-0.05, 0) is 56.6 Å². The van der Waals surface area contributed by atoms with Gasteiger partial charge in [0.2, 0.25) is 5.91 Å². The number of rotatable bonds is 9. The van der Waals surface area contributed by atoms with Crippen LogP contribution in [0.5, 0.6) is 23.0 Å². The Balaban J connectivity index is 1.37. The average Bonchev–Trinajstić information content (AvgIpc) is 3.19. The number of aryl methyl sites for hydroxylation is 1. The van der Waals surface area contributed by atoms with Gasteiger partial charge in [0.15, 0.2) is 24.1 Å². The molecule has 60 heavy (non-hydrogen) atoms. The second-order valence-corrected chi connectivity index (χ2v) is 15.2. The van der Waals surface area contributed by atoms with Crippen molar-refractivity contribution in [2.75, 3.05) is 20.8 Å². The van der Waals surface area contributed by atoms with Gasteiger partial charge >= 0.3 is 0 Å². The van der Waals surface area contributed by atoms with Crippen molar-refractivity contribution in [2.45, 2.75) is 94.3 Å². The molecule has 0 bridgehead atoms. The molecular weight excluding hydrogens is 794 g/mol. The molecule has 2 amide bonds. The number of benzene rings is 3. The Labute approximate surface area is 341 Å². The molecule has 20 nitrogen and oxygen atoms in total. The van der Waals surface area contributed by atoms with Crippen molar-refractivity contribution < 1.29 is 83.7 Å². The van der Waals surface area contributed by atoms with Crippen LogP contribution < -0.4 is 21.1 Å². The minimum atomic E-state index is -1.88. The lowest BCUT2D eigenvalue weighted by Crippen LogP contribution is -2.65. The van der Waals surface area contributed by atoms with Crippen molar-refractivity contribution in [3.8, 4) is 34.1 Å². The van der Waals surface area contributed by atoms with Gasteiger partial charge in [-0.3, -0.25) is 19.2 Å². The number of fused-ring (bicyclic) bond motifs is 5. The standard InChI is InChI=1S/C40H45N3O17/c1-11-6-18-24(31(50)21(11)38(55)43-12(2)37(41)54)23-16(9-17-25(32(23)51)28(47)15-7-14(56-5)8-19(44)22(15)27(17)46)29(48)35(18)59-40-34(53)36(26(42-4)13(3)58-40)60-39-33(52)30(49)20(45)10-57-39/h6-9,12-13,20,26,29-30,33-36,39-40,42,44-45,48-53H,10H2,1-5H3,(H2,41,54)(H,43,55)/t12-,13?,20?,26?,29+,30?,33?,34?,35+,36?,39?,40?/m1/s1. The molecule has 3 aromatic carbocycles. The van der Waals surface area contributed by atoms with Crippen LogP contribution in [-0.2, 0) is 23.7 Å². The lowest BCUT2D eigenvalue weighted by atomic mass is 9.74. The number of aromatic hydroxyl groups is 3. The van der Waals surface area contributed by atoms with Crippen LogP contribution in [0.25, 0.3) is 11.1 Å². The molecule has 0 saturated carbocycles. The Hall–Kier alpha value is -5.26. The number of carbonyl (C=O) groups is 4. The first-order chi connectivity index (χ1) is 28.3. The number of aliphatic hydroxyl groups excluding tert-OH is 5. The number of ether oxygens (including phenoxy) is 5. The van der Waals surface area contributed by atoms with Gasteiger partial charge in [-0.2, -0.15) is 0 Å². The molecule has 2 aliphatic carbocycles. The maximum Gasteiger partial charge on any atom is 0.255 e. The number of likely N-dealkylation sites (N-methyl/N-ethyl adjacent to an activating group) is 1. The fraction of sp³-hybridized carbons (Fsp3) is 0.450. The van der Waals surface area contributed by atoms with E-state index in [1.165, 1.54) is 33.1 Å². The Kier molecular flexibility index (Phi) is 11.4. The highest BCUT2D eigenvalue weighted by Crippen LogP contribution is 2.57. The molecule has 0 aromatic heterocycles. The molecule has 0 spiro atoms. The van der Waals surface area contributed by atoms with Crippen molar-refractivity contribution in [3.63, 3.8) is 0 Å². The third kappa shape index (κ3) is 6.83. The molecule has 4 aliphatic rings. The van der Waals surface area contributed by atoms with Crippen LogP contribution in [0.1, 0.15) is 84.9 Å². The summed E-state index contributed by atoms with van der Waals surface area (Å²) in [5.41, 5.74) is 2.25. The first-order valence-corrected chi connectivity index (χ1v) is 18.9. The van der Waals surface area contributed by atoms with Gasteiger partial charge in [-0.1, -0.05) is 6.07 Å². The number of carbonyl (C=O) groups excluding carboxylic acids is 4. The second kappa shape index (κ2) is 16.0. The van der Waals surface area contributed by atoms with Crippen molar-refractivity contribution in [2.24, 2.45) is 5.73 Å². The van der Waals surface area contributed by atoms with Crippen molar-refractivity contribution >= 4 is 23.4 Å². The minimum Gasteiger partial charge on any atom is -0.507 e. The first-order valence-electron chi connectivity index (χ1n) is 18.9. The average molecular weight is 840 g/mol. The fourth-order valence-electron chi connectivity index (χ4n) is 8.31. The number of hydrogen-bond acceptors (Lipinski definition) is 18. The van der Waals surface area contributed by atoms with Crippen LogP contribution in [0.3, 0.4) is 0 Å². The van der Waals surface area contributed by atoms with Crippen molar-refractivity contribution in [1.29, 1.82) is 0 Å². The van der Waals surface area contributed by atoms with Crippen molar-refractivity contribution in [3.05, 3.63) is 68.8 Å². The molecule has 2 aliphatic heterocycles. The predicted molar refractivity (Wildman–Crippen MR) is 202 cm³/mol. The van der Waals surface area contributed by atoms with Crippen molar-refractivity contribution in [1.82, 2.24) is 10.6 Å². The molecule has 9 unspecified atom stereocenters. The van der Waals surface area contributed by atoms with Crippen LogP contribution in [0.4, 0.5) is 0 Å². The van der Waals surface area contributed by atoms with E-state index in [4.69, 9.17) is 29.4 Å². The van der Waals surface area contributed by atoms with Gasteiger partial charge in [0.05, 0.1) is 42.6 Å². The number of nitrogens with two attached hydrogens (primary N) is 1. The van der Waals surface area contributed by atoms with Crippen LogP contribution in [0.15, 0.2) is 24.3 Å². The molecule has 0 radical (unpaired) electrons. The summed E-state index contributed by atoms with van der Waals surface area (Å²) in [6.07, 6.45) is -15.4. The summed E-state index contributed by atoms with van der Waals surface area (Å²) in [6, 6.07) is 2.73. The first kappa shape index (κ1) is 42.8. The monoisotopic (exact) mass is 839 g/mol. The summed E-state index contributed by atoms with van der Waals surface area (Å²) < 4.78 is 29.0. The number of phenolic OH excluding ortho intramolecular Hbond substituents is 3. The molecule has 2 saturated heterocycles. The number of hydrogen-bond donors (Lipinski definition) is 11. The van der Waals surface area contributed by atoms with Crippen LogP contribution >= 0.6 is 0 Å². The molecule has 7 rings (SSSR count). The lowest BCUT2D eigenvalue weighted by Gasteiger charge is -2.47. The van der Waals surface area contributed by atoms with E-state index in [2.05, 4.69) is 10.6 Å². The summed E-state index contributed by atoms with van der Waals surface area (Å²) in [5.74, 6) is -5.95. The Morgan fingerprint density at radius 2 is 1.50 bits per heavy atom. The largest absolute Gasteiger partial charge is 0.507 e. The number of nitrogens with one attached hydrogen (secondary N) is 2. The number of amides is 2. The van der Waals surface area contributed by atoms with Crippen LogP contribution in [0.2, 0.25) is 0 Å². The Morgan fingerprint density at radius 3 is 2.15 bits per heavy atom. The van der Waals surface area contributed by atoms with E-state index in [0.717, 1.165) is 12.1 Å². The van der Waals surface area contributed by atoms with E-state index in [0.29, 0.717) is 0 Å². The smallest absolute Gasteiger partial charge is 0.255 e. The third-order valence-electron chi connectivity index (χ3n) is 11.5. The van der Waals surface area contributed by atoms with Crippen LogP contribution in [-0.4, -0.2) is 146 Å². The molecular formula is C40H45N3O17. The predicted octanol–water partition coefficient (Wildman–Crippen LogP) is -1.21. The van der Waals surface area contributed by atoms with E-state index in [-0.39, 0.29) is 39.1 Å². The Morgan fingerprint density at radius 1 is 0.850 bits per heavy atom. The lowest BCUT2D eigenvalue weighted by molar-refractivity contribution is -0.339. The topological polar surface area (TPSA) is 326 Å². The highest BCUT2D eigenvalue weighted by atomic mass is 16.7. The molecule has 12 atom stereocenters. The molecule has 2 heterocycles. The highest BCUT2D eigenvalue weighted by Gasteiger charge is 2.51. The summed E-state index contributed by atoms with van der Waals surface area (Å²) >= 11 is 0. The second-order valence-electron chi connectivity index (χ2n) is 15.2. The zero-order chi connectivity index (χ0) is 43.8. The number of ketones is 2. The quantitative estimate of drug-likeness (QED) is 0.0942. The zero-order valence-corrected chi connectivity index (χ0v) is 32.8. The SMILES string of the molecule is CNC1C(C)OC(O[C@H]2c3cc(C)c(C(=O)N[C@H](C)C(N)=O)c(O)c3-c3c(cc4c(c3O)C(=O)c3cc(OC)cc(O)c3C4=O)[C@@H]2O)C(O)C1OC1OCC(O)C(O)C1O. The van der Waals surface area contributed by atoms with Gasteiger partial charge in [-0.15, -0.1) is 0 Å². The minimum absolute atomic E-state index is 0.0250. The maximum absolute atomic E-state index is 14.1. The molecule has 12 N–H and O–H groups in total. The van der Waals surface area contributed by atoms with Gasteiger partial charge in [0, 0.05) is 28.3 Å². The molecule has 3 aromatic rings. The van der Waals surface area contributed by atoms with E-state index in [9.17, 15) is 60.0 Å². The number of methoxy groups -OCH3 is 1. The summed E-state index contributed by atoms with van der Waals surface area (Å²) in [6.45, 7) is 3.93. The van der Waals surface area contributed by atoms with E-state index in [1.807, 2.05) is 0 Å². The van der Waals surface area contributed by atoms with Gasteiger partial charge < -0.3 is 80.9 Å². The van der Waals surface area contributed by atoms with E-state index in [1.54, 1.807) is 14.0 Å². The molecule has 2 fully saturated rings. The number of aliphatic hydroxyl groups is 5. The van der Waals surface area contributed by atoms with Crippen LogP contribution in [0, 0.1) is 6.92 Å². The number of primary amides is 1. The summed E-state index contributed by atoms with van der Waals surface area (Å²) in [4.78, 5) is 53.6.